The molecule has 2 N–H and O–H groups in total. The van der Waals surface area contributed by atoms with Gasteiger partial charge in [-0.3, -0.25) is 0 Å². The molecule has 116 valence electrons. The predicted octanol–water partition coefficient (Wildman–Crippen LogP) is 2.37. The van der Waals surface area contributed by atoms with Crippen LogP contribution in [0.3, 0.4) is 0 Å². The molecule has 4 heteroatoms. The fraction of sp³-hybridized carbons (Fsp3) is 0.647. The lowest BCUT2D eigenvalue weighted by Crippen LogP contribution is -2.49. The van der Waals surface area contributed by atoms with E-state index in [1.54, 1.807) is 0 Å². The molecule has 2 aliphatic heterocycles. The zero-order valence-corrected chi connectivity index (χ0v) is 12.5. The molecule has 0 aliphatic carbocycles. The summed E-state index contributed by atoms with van der Waals surface area (Å²) in [6, 6.07) is 9.94. The molecule has 2 atom stereocenters. The summed E-state index contributed by atoms with van der Waals surface area (Å²) in [5, 5.41) is 0. The zero-order chi connectivity index (χ0) is 14.5. The van der Waals surface area contributed by atoms with Crippen LogP contribution in [0.5, 0.6) is 5.75 Å². The highest BCUT2D eigenvalue weighted by atomic mass is 16.5. The van der Waals surface area contributed by atoms with Crippen molar-refractivity contribution in [2.45, 2.75) is 37.3 Å². The smallest absolute Gasteiger partial charge is 0.119 e. The second kappa shape index (κ2) is 6.77. The highest BCUT2D eigenvalue weighted by molar-refractivity contribution is 5.20. The van der Waals surface area contributed by atoms with E-state index in [1.165, 1.54) is 0 Å². The summed E-state index contributed by atoms with van der Waals surface area (Å²) in [7, 11) is 0. The summed E-state index contributed by atoms with van der Waals surface area (Å²) in [6.45, 7) is 3.00. The molecule has 0 aromatic heterocycles. The second-order valence-corrected chi connectivity index (χ2v) is 6.18. The molecule has 2 saturated heterocycles. The lowest BCUT2D eigenvalue weighted by atomic mass is 9.78. The van der Waals surface area contributed by atoms with Crippen molar-refractivity contribution in [3.8, 4) is 5.75 Å². The first kappa shape index (κ1) is 14.8. The van der Waals surface area contributed by atoms with Crippen molar-refractivity contribution in [2.75, 3.05) is 26.4 Å². The van der Waals surface area contributed by atoms with Gasteiger partial charge in [0.05, 0.1) is 5.60 Å². The van der Waals surface area contributed by atoms with E-state index in [-0.39, 0.29) is 11.6 Å². The Morgan fingerprint density at radius 1 is 1.19 bits per heavy atom. The fourth-order valence-corrected chi connectivity index (χ4v) is 3.37. The Morgan fingerprint density at radius 3 is 2.71 bits per heavy atom. The number of hydrogen-bond acceptors (Lipinski definition) is 4. The third-order valence-electron chi connectivity index (χ3n) is 4.73. The van der Waals surface area contributed by atoms with Crippen molar-refractivity contribution in [2.24, 2.45) is 11.7 Å². The molecule has 2 fully saturated rings. The van der Waals surface area contributed by atoms with Crippen molar-refractivity contribution < 1.29 is 14.2 Å². The Hall–Kier alpha value is -1.10. The van der Waals surface area contributed by atoms with Crippen LogP contribution in [0.15, 0.2) is 30.3 Å². The van der Waals surface area contributed by atoms with Gasteiger partial charge < -0.3 is 19.9 Å². The Balaban J connectivity index is 1.53. The van der Waals surface area contributed by atoms with Crippen LogP contribution < -0.4 is 10.5 Å². The largest absolute Gasteiger partial charge is 0.492 e. The molecule has 1 aromatic rings. The summed E-state index contributed by atoms with van der Waals surface area (Å²) in [5.74, 6) is 1.36. The minimum atomic E-state index is 0.00549. The highest BCUT2D eigenvalue weighted by Gasteiger charge is 2.40. The Kier molecular flexibility index (Phi) is 4.78. The number of rotatable bonds is 4. The van der Waals surface area contributed by atoms with E-state index in [1.807, 2.05) is 30.3 Å². The minimum Gasteiger partial charge on any atom is -0.492 e. The van der Waals surface area contributed by atoms with Crippen LogP contribution in [-0.2, 0) is 9.47 Å². The summed E-state index contributed by atoms with van der Waals surface area (Å²) >= 11 is 0. The second-order valence-electron chi connectivity index (χ2n) is 6.18. The van der Waals surface area contributed by atoms with E-state index in [0.29, 0.717) is 12.5 Å². The molecule has 0 amide bonds. The first-order valence-corrected chi connectivity index (χ1v) is 7.93. The lowest BCUT2D eigenvalue weighted by Gasteiger charge is -2.44. The van der Waals surface area contributed by atoms with Gasteiger partial charge in [0.1, 0.15) is 12.4 Å². The van der Waals surface area contributed by atoms with Crippen LogP contribution in [0.4, 0.5) is 0 Å². The third-order valence-corrected chi connectivity index (χ3v) is 4.73. The van der Waals surface area contributed by atoms with Crippen LogP contribution in [-0.4, -0.2) is 38.1 Å². The van der Waals surface area contributed by atoms with E-state index in [2.05, 4.69) is 0 Å². The maximum absolute atomic E-state index is 6.37. The number of ether oxygens (including phenoxy) is 3. The van der Waals surface area contributed by atoms with Gasteiger partial charge >= 0.3 is 0 Å². The SMILES string of the molecule is NC(COc1ccccc1)C1CCOC2(CCOCC2)C1. The van der Waals surface area contributed by atoms with E-state index < -0.39 is 0 Å². The first-order chi connectivity index (χ1) is 10.3. The number of hydrogen-bond donors (Lipinski definition) is 1. The molecule has 21 heavy (non-hydrogen) atoms. The maximum Gasteiger partial charge on any atom is 0.119 e. The van der Waals surface area contributed by atoms with E-state index in [4.69, 9.17) is 19.9 Å². The Bertz CT molecular complexity index is 425. The predicted molar refractivity (Wildman–Crippen MR) is 81.4 cm³/mol. The number of para-hydroxylation sites is 1. The van der Waals surface area contributed by atoms with Gasteiger partial charge in [-0.05, 0) is 43.7 Å². The molecular weight excluding hydrogens is 266 g/mol. The third kappa shape index (κ3) is 3.76. The van der Waals surface area contributed by atoms with Crippen molar-refractivity contribution in [3.63, 3.8) is 0 Å². The molecule has 3 rings (SSSR count). The van der Waals surface area contributed by atoms with Crippen LogP contribution in [0.2, 0.25) is 0 Å². The quantitative estimate of drug-likeness (QED) is 0.925. The molecule has 1 aromatic carbocycles. The molecular formula is C17H25NO3. The van der Waals surface area contributed by atoms with Gasteiger partial charge in [-0.25, -0.2) is 0 Å². The van der Waals surface area contributed by atoms with Gasteiger partial charge in [-0.15, -0.1) is 0 Å². The fourth-order valence-electron chi connectivity index (χ4n) is 3.37. The summed E-state index contributed by atoms with van der Waals surface area (Å²) in [4.78, 5) is 0. The molecule has 2 unspecified atom stereocenters. The van der Waals surface area contributed by atoms with Gasteiger partial charge in [0.25, 0.3) is 0 Å². The van der Waals surface area contributed by atoms with Crippen molar-refractivity contribution >= 4 is 0 Å². The molecule has 0 radical (unpaired) electrons. The maximum atomic E-state index is 6.37. The van der Waals surface area contributed by atoms with Gasteiger partial charge in [0, 0.05) is 25.9 Å². The zero-order valence-electron chi connectivity index (χ0n) is 12.5. The molecule has 0 saturated carbocycles. The monoisotopic (exact) mass is 291 g/mol. The van der Waals surface area contributed by atoms with Gasteiger partial charge in [0.2, 0.25) is 0 Å². The minimum absolute atomic E-state index is 0.00549. The van der Waals surface area contributed by atoms with Crippen LogP contribution in [0.25, 0.3) is 0 Å². The average Bonchev–Trinajstić information content (AvgIpc) is 2.54. The van der Waals surface area contributed by atoms with Crippen molar-refractivity contribution in [1.29, 1.82) is 0 Å². The molecule has 1 spiro atoms. The topological polar surface area (TPSA) is 53.7 Å². The van der Waals surface area contributed by atoms with E-state index >= 15 is 0 Å². The summed E-state index contributed by atoms with van der Waals surface area (Å²) < 4.78 is 17.3. The highest BCUT2D eigenvalue weighted by Crippen LogP contribution is 2.37. The number of nitrogens with two attached hydrogens (primary N) is 1. The van der Waals surface area contributed by atoms with Gasteiger partial charge in [-0.2, -0.15) is 0 Å². The lowest BCUT2D eigenvalue weighted by molar-refractivity contribution is -0.149. The molecule has 2 aliphatic rings. The summed E-state index contributed by atoms with van der Waals surface area (Å²) in [6.07, 6.45) is 4.06. The molecule has 2 heterocycles. The first-order valence-electron chi connectivity index (χ1n) is 7.93. The normalized spacial score (nSPS) is 26.4. The van der Waals surface area contributed by atoms with Crippen LogP contribution in [0.1, 0.15) is 25.7 Å². The Morgan fingerprint density at radius 2 is 1.95 bits per heavy atom. The van der Waals surface area contributed by atoms with E-state index in [0.717, 1.165) is 51.3 Å². The standard InChI is InChI=1S/C17H25NO3/c18-16(13-20-15-4-2-1-3-5-15)14-6-9-21-17(12-14)7-10-19-11-8-17/h1-5,14,16H,6-13,18H2. The van der Waals surface area contributed by atoms with Crippen LogP contribution >= 0.6 is 0 Å². The van der Waals surface area contributed by atoms with Gasteiger partial charge in [-0.1, -0.05) is 18.2 Å². The van der Waals surface area contributed by atoms with Crippen molar-refractivity contribution in [1.82, 2.24) is 0 Å². The molecule has 0 bridgehead atoms. The van der Waals surface area contributed by atoms with Gasteiger partial charge in [0.15, 0.2) is 0 Å². The summed E-state index contributed by atoms with van der Waals surface area (Å²) in [5.41, 5.74) is 6.38. The average molecular weight is 291 g/mol. The molecule has 4 nitrogen and oxygen atoms in total. The van der Waals surface area contributed by atoms with Crippen molar-refractivity contribution in [3.05, 3.63) is 30.3 Å². The Labute approximate surface area is 126 Å². The van der Waals surface area contributed by atoms with Crippen LogP contribution in [0, 0.1) is 5.92 Å². The van der Waals surface area contributed by atoms with E-state index in [9.17, 15) is 0 Å². The number of benzene rings is 1.